The van der Waals surface area contributed by atoms with Crippen molar-refractivity contribution in [3.8, 4) is 11.8 Å². The average Bonchev–Trinajstić information content (AvgIpc) is 2.87. The zero-order valence-electron chi connectivity index (χ0n) is 17.5. The molecule has 0 fully saturated rings. The molecule has 1 aliphatic carbocycles. The van der Waals surface area contributed by atoms with Crippen LogP contribution < -0.4 is 0 Å². The minimum absolute atomic E-state index is 0.864. The van der Waals surface area contributed by atoms with E-state index in [1.807, 2.05) is 97.5 Å². The summed E-state index contributed by atoms with van der Waals surface area (Å²) in [6.45, 7) is 0. The molecule has 0 heterocycles. The largest absolute Gasteiger partial charge is 0.180 e. The van der Waals surface area contributed by atoms with Crippen LogP contribution in [0, 0.1) is 24.3 Å². The number of benzene rings is 3. The molecule has 0 aromatic heterocycles. The fourth-order valence-corrected chi connectivity index (χ4v) is 3.14. The normalized spacial score (nSPS) is 11.6. The van der Waals surface area contributed by atoms with Crippen LogP contribution in [0.1, 0.15) is 16.7 Å². The van der Waals surface area contributed by atoms with Crippen molar-refractivity contribution in [1.29, 1.82) is 0 Å². The fourth-order valence-electron chi connectivity index (χ4n) is 3.14. The van der Waals surface area contributed by atoms with Crippen LogP contribution in [-0.4, -0.2) is 0 Å². The molecule has 0 bridgehead atoms. The molecule has 3 aromatic rings. The van der Waals surface area contributed by atoms with E-state index < -0.39 is 0 Å². The van der Waals surface area contributed by atoms with Gasteiger partial charge in [-0.15, -0.1) is 0 Å². The van der Waals surface area contributed by atoms with Gasteiger partial charge in [-0.2, -0.15) is 30.7 Å². The lowest BCUT2D eigenvalue weighted by Crippen LogP contribution is -1.90. The van der Waals surface area contributed by atoms with Gasteiger partial charge in [-0.25, -0.2) is 0 Å². The van der Waals surface area contributed by atoms with Crippen molar-refractivity contribution in [2.24, 2.45) is 0 Å². The lowest BCUT2D eigenvalue weighted by atomic mass is 9.92. The highest BCUT2D eigenvalue weighted by Crippen LogP contribution is 2.29. The summed E-state index contributed by atoms with van der Waals surface area (Å²) >= 11 is 0. The Morgan fingerprint density at radius 1 is 0.688 bits per heavy atom. The van der Waals surface area contributed by atoms with Crippen LogP contribution in [0.2, 0.25) is 0 Å². The van der Waals surface area contributed by atoms with Gasteiger partial charge in [0.25, 0.3) is 0 Å². The standard InChI is InChI=1S/C32H20/c1-5-15-27(16-6-1)19-13-25-31(29-21-9-3-10-22-29)32(30-23-11-4-12-24-30)26-14-20-28-17-7-2-8-18-28/h1-12,15-18,21-24H. The fraction of sp³-hybridized carbons (Fsp3) is 0. The Morgan fingerprint density at radius 3 is 1.94 bits per heavy atom. The summed E-state index contributed by atoms with van der Waals surface area (Å²) in [7, 11) is 0. The maximum Gasteiger partial charge on any atom is 0.180 e. The van der Waals surface area contributed by atoms with Gasteiger partial charge in [-0.1, -0.05) is 65.9 Å². The molecule has 0 saturated carbocycles. The first kappa shape index (κ1) is 20.6. The predicted octanol–water partition coefficient (Wildman–Crippen LogP) is 7.17. The predicted molar refractivity (Wildman–Crippen MR) is 133 cm³/mol. The minimum Gasteiger partial charge on any atom is -0.171 e. The quantitative estimate of drug-likeness (QED) is 0.188. The van der Waals surface area contributed by atoms with Gasteiger partial charge in [0.2, 0.25) is 0 Å². The Morgan fingerprint density at radius 2 is 1.28 bits per heavy atom. The van der Waals surface area contributed by atoms with Crippen LogP contribution in [0.3, 0.4) is 0 Å². The first-order chi connectivity index (χ1) is 15.9. The van der Waals surface area contributed by atoms with Crippen molar-refractivity contribution < 1.29 is 0 Å². The zero-order chi connectivity index (χ0) is 21.8. The Kier molecular flexibility index (Phi) is 7.01. The van der Waals surface area contributed by atoms with E-state index in [-0.39, 0.29) is 0 Å². The summed E-state index contributed by atoms with van der Waals surface area (Å²) in [6.07, 6.45) is 13.2. The van der Waals surface area contributed by atoms with Gasteiger partial charge in [-0.3, -0.25) is 0 Å². The number of hydrogen-bond acceptors (Lipinski definition) is 0. The maximum atomic E-state index is 3.32. The smallest absolute Gasteiger partial charge is 0.171 e. The second kappa shape index (κ2) is 10.9. The van der Waals surface area contributed by atoms with Gasteiger partial charge in [0.05, 0.1) is 23.1 Å². The number of rotatable bonds is 3. The number of hydrogen-bond donors (Lipinski definition) is 0. The van der Waals surface area contributed by atoms with Crippen molar-refractivity contribution in [1.82, 2.24) is 0 Å². The molecule has 0 saturated heterocycles. The molecule has 148 valence electrons. The van der Waals surface area contributed by atoms with E-state index in [0.29, 0.717) is 0 Å². The summed E-state index contributed by atoms with van der Waals surface area (Å²) in [6, 6.07) is 30.2. The van der Waals surface area contributed by atoms with Crippen molar-refractivity contribution in [3.05, 3.63) is 167 Å². The molecule has 0 spiro atoms. The Hall–Kier alpha value is -4.70. The van der Waals surface area contributed by atoms with Crippen LogP contribution in [0.15, 0.2) is 138 Å². The lowest BCUT2D eigenvalue weighted by molar-refractivity contribution is 1.58. The lowest BCUT2D eigenvalue weighted by Gasteiger charge is -2.03. The average molecular weight is 405 g/mol. The van der Waals surface area contributed by atoms with Gasteiger partial charge in [-0.05, 0) is 42.1 Å². The summed E-state index contributed by atoms with van der Waals surface area (Å²) in [5, 5.41) is 0. The van der Waals surface area contributed by atoms with Gasteiger partial charge in [0, 0.05) is 11.3 Å². The third-order valence-corrected chi connectivity index (χ3v) is 4.71. The molecule has 0 nitrogen and oxygen atoms in total. The highest BCUT2D eigenvalue weighted by molar-refractivity contribution is 6.04. The van der Waals surface area contributed by atoms with E-state index in [1.54, 1.807) is 0 Å². The number of allylic oxidation sites excluding steroid dienone is 8. The Balaban J connectivity index is 1.91. The van der Waals surface area contributed by atoms with E-state index >= 15 is 0 Å². The van der Waals surface area contributed by atoms with Crippen LogP contribution in [-0.2, 0) is 0 Å². The third-order valence-electron chi connectivity index (χ3n) is 4.71. The van der Waals surface area contributed by atoms with Crippen LogP contribution in [0.5, 0.6) is 0 Å². The SMILES string of the molecule is C(=C=C1C=C[CH-]C=C1)=C=C(C(=[C+]C#Cc1ccccc1)c1ccccc1)c1ccccc1. The molecule has 0 radical (unpaired) electrons. The minimum atomic E-state index is 0.864. The van der Waals surface area contributed by atoms with E-state index in [0.717, 1.165) is 33.4 Å². The molecule has 32 heavy (non-hydrogen) atoms. The molecule has 0 heteroatoms. The van der Waals surface area contributed by atoms with Crippen LogP contribution in [0.4, 0.5) is 0 Å². The molecule has 3 aromatic carbocycles. The van der Waals surface area contributed by atoms with E-state index in [4.69, 9.17) is 0 Å². The van der Waals surface area contributed by atoms with E-state index in [1.165, 1.54) is 0 Å². The molecule has 0 N–H and O–H groups in total. The molecule has 0 unspecified atom stereocenters. The monoisotopic (exact) mass is 404 g/mol. The van der Waals surface area contributed by atoms with Crippen molar-refractivity contribution >= 4 is 11.1 Å². The molecule has 0 amide bonds. The van der Waals surface area contributed by atoms with Crippen molar-refractivity contribution in [3.63, 3.8) is 0 Å². The first-order valence-corrected chi connectivity index (χ1v) is 10.4. The van der Waals surface area contributed by atoms with Gasteiger partial charge in [0.15, 0.2) is 5.57 Å². The highest BCUT2D eigenvalue weighted by atomic mass is 14.1. The summed E-state index contributed by atoms with van der Waals surface area (Å²) in [4.78, 5) is 0. The van der Waals surface area contributed by atoms with E-state index in [9.17, 15) is 0 Å². The summed E-state index contributed by atoms with van der Waals surface area (Å²) < 4.78 is 0. The van der Waals surface area contributed by atoms with Crippen LogP contribution in [0.25, 0.3) is 11.1 Å². The molecule has 0 atom stereocenters. The van der Waals surface area contributed by atoms with Crippen molar-refractivity contribution in [2.75, 3.05) is 0 Å². The molecular weight excluding hydrogens is 384 g/mol. The third kappa shape index (κ3) is 5.68. The highest BCUT2D eigenvalue weighted by Gasteiger charge is 2.18. The second-order valence-electron chi connectivity index (χ2n) is 6.96. The van der Waals surface area contributed by atoms with Gasteiger partial charge >= 0.3 is 0 Å². The Bertz CT molecular complexity index is 1340. The Labute approximate surface area is 190 Å². The first-order valence-electron chi connectivity index (χ1n) is 10.4. The molecule has 0 aliphatic heterocycles. The topological polar surface area (TPSA) is 0 Å². The zero-order valence-corrected chi connectivity index (χ0v) is 17.5. The molecule has 4 rings (SSSR count). The summed E-state index contributed by atoms with van der Waals surface area (Å²) in [5.41, 5.74) is 15.3. The molecular formula is C32H20. The van der Waals surface area contributed by atoms with Gasteiger partial charge in [0.1, 0.15) is 11.5 Å². The second-order valence-corrected chi connectivity index (χ2v) is 6.96. The van der Waals surface area contributed by atoms with Crippen molar-refractivity contribution in [2.45, 2.75) is 0 Å². The van der Waals surface area contributed by atoms with Crippen LogP contribution >= 0.6 is 0 Å². The molecule has 1 aliphatic rings. The summed E-state index contributed by atoms with van der Waals surface area (Å²) in [5.74, 6) is 6.29. The maximum absolute atomic E-state index is 3.32. The van der Waals surface area contributed by atoms with E-state index in [2.05, 4.69) is 59.4 Å². The van der Waals surface area contributed by atoms with Gasteiger partial charge < -0.3 is 0 Å².